The number of para-hydroxylation sites is 1. The number of nitro benzene ring substituents is 1. The summed E-state index contributed by atoms with van der Waals surface area (Å²) in [6.07, 6.45) is 0. The van der Waals surface area contributed by atoms with Crippen LogP contribution in [0.5, 0.6) is 0 Å². The van der Waals surface area contributed by atoms with Gasteiger partial charge in [-0.3, -0.25) is 14.8 Å². The third kappa shape index (κ3) is 4.76. The highest BCUT2D eigenvalue weighted by Crippen LogP contribution is 2.23. The summed E-state index contributed by atoms with van der Waals surface area (Å²) >= 11 is 0. The van der Waals surface area contributed by atoms with Crippen LogP contribution in [0, 0.1) is 17.0 Å². The minimum atomic E-state index is -4.18. The number of carbonyl (C=O) groups excluding carboxylic acids is 1. The van der Waals surface area contributed by atoms with Gasteiger partial charge in [-0.25, -0.2) is 13.2 Å². The number of rotatable bonds is 7. The molecule has 1 heterocycles. The number of aromatic nitrogens is 1. The van der Waals surface area contributed by atoms with Gasteiger partial charge in [0.2, 0.25) is 0 Å². The second kappa shape index (κ2) is 8.10. The van der Waals surface area contributed by atoms with Crippen molar-refractivity contribution in [3.63, 3.8) is 0 Å². The highest BCUT2D eigenvalue weighted by atomic mass is 32.2. The summed E-state index contributed by atoms with van der Waals surface area (Å²) in [4.78, 5) is 22.3. The fourth-order valence-electron chi connectivity index (χ4n) is 2.42. The standard InChI is InChI=1S/C18H15N3O7S/c1-12-9-14(28-19-12)11-27-18(22)16-7-2-3-8-17(16)20-29(25,26)15-6-4-5-13(10-15)21(23)24/h2-10,20H,11H2,1H3. The minimum absolute atomic E-state index is 0.0299. The predicted octanol–water partition coefficient (Wildman–Crippen LogP) is 3.05. The van der Waals surface area contributed by atoms with E-state index in [4.69, 9.17) is 9.26 Å². The van der Waals surface area contributed by atoms with Gasteiger partial charge in [-0.15, -0.1) is 0 Å². The Morgan fingerprint density at radius 3 is 2.66 bits per heavy atom. The van der Waals surface area contributed by atoms with Crippen LogP contribution in [0.4, 0.5) is 11.4 Å². The molecule has 0 bridgehead atoms. The molecular weight excluding hydrogens is 402 g/mol. The Hall–Kier alpha value is -3.73. The largest absolute Gasteiger partial charge is 0.454 e. The van der Waals surface area contributed by atoms with Gasteiger partial charge >= 0.3 is 5.97 Å². The predicted molar refractivity (Wildman–Crippen MR) is 101 cm³/mol. The molecular formula is C18H15N3O7S. The Balaban J connectivity index is 1.82. The fraction of sp³-hybridized carbons (Fsp3) is 0.111. The van der Waals surface area contributed by atoms with Gasteiger partial charge in [0.1, 0.15) is 0 Å². The van der Waals surface area contributed by atoms with E-state index in [2.05, 4.69) is 9.88 Å². The Kier molecular flexibility index (Phi) is 5.59. The van der Waals surface area contributed by atoms with Crippen LogP contribution in [0.25, 0.3) is 0 Å². The first-order valence-electron chi connectivity index (χ1n) is 8.22. The van der Waals surface area contributed by atoms with Crippen LogP contribution < -0.4 is 4.72 Å². The number of carbonyl (C=O) groups is 1. The molecule has 0 aliphatic heterocycles. The summed E-state index contributed by atoms with van der Waals surface area (Å²) < 4.78 is 37.6. The van der Waals surface area contributed by atoms with E-state index in [1.807, 2.05) is 0 Å². The van der Waals surface area contributed by atoms with Crippen LogP contribution in [0.3, 0.4) is 0 Å². The van der Waals surface area contributed by atoms with E-state index in [-0.39, 0.29) is 28.4 Å². The van der Waals surface area contributed by atoms with Crippen LogP contribution >= 0.6 is 0 Å². The Morgan fingerprint density at radius 2 is 1.97 bits per heavy atom. The summed E-state index contributed by atoms with van der Waals surface area (Å²) in [5, 5.41) is 14.6. The number of benzene rings is 2. The summed E-state index contributed by atoms with van der Waals surface area (Å²) in [5.41, 5.74) is 0.194. The first kappa shape index (κ1) is 20.0. The molecule has 150 valence electrons. The van der Waals surface area contributed by atoms with Crippen molar-refractivity contribution in [3.05, 3.63) is 81.7 Å². The van der Waals surface area contributed by atoms with E-state index >= 15 is 0 Å². The molecule has 0 aliphatic rings. The van der Waals surface area contributed by atoms with Gasteiger partial charge in [0.05, 0.1) is 26.8 Å². The molecule has 11 heteroatoms. The van der Waals surface area contributed by atoms with E-state index in [0.717, 1.165) is 6.07 Å². The number of nitrogens with zero attached hydrogens (tertiary/aromatic N) is 2. The van der Waals surface area contributed by atoms with Crippen molar-refractivity contribution < 1.29 is 27.4 Å². The van der Waals surface area contributed by atoms with Crippen LogP contribution in [0.2, 0.25) is 0 Å². The molecule has 3 aromatic rings. The number of non-ortho nitro benzene ring substituents is 1. The van der Waals surface area contributed by atoms with E-state index < -0.39 is 20.9 Å². The zero-order chi connectivity index (χ0) is 21.0. The smallest absolute Gasteiger partial charge is 0.340 e. The van der Waals surface area contributed by atoms with Gasteiger partial charge in [0, 0.05) is 18.2 Å². The lowest BCUT2D eigenvalue weighted by atomic mass is 10.2. The topological polar surface area (TPSA) is 142 Å². The number of anilines is 1. The number of esters is 1. The Labute approximate surface area is 165 Å². The third-order valence-electron chi connectivity index (χ3n) is 3.75. The van der Waals surface area contributed by atoms with Crippen molar-refractivity contribution >= 4 is 27.4 Å². The van der Waals surface area contributed by atoms with Gasteiger partial charge in [0.15, 0.2) is 12.4 Å². The van der Waals surface area contributed by atoms with Crippen LogP contribution in [-0.2, 0) is 21.4 Å². The number of nitrogens with one attached hydrogen (secondary N) is 1. The van der Waals surface area contributed by atoms with Crippen LogP contribution in [0.1, 0.15) is 21.8 Å². The lowest BCUT2D eigenvalue weighted by molar-refractivity contribution is -0.385. The SMILES string of the molecule is Cc1cc(COC(=O)c2ccccc2NS(=O)(=O)c2cccc([N+](=O)[O-])c2)on1. The molecule has 0 saturated carbocycles. The summed E-state index contributed by atoms with van der Waals surface area (Å²) in [7, 11) is -4.18. The molecule has 0 saturated heterocycles. The average molecular weight is 417 g/mol. The lowest BCUT2D eigenvalue weighted by Crippen LogP contribution is -2.16. The maximum atomic E-state index is 12.6. The fourth-order valence-corrected chi connectivity index (χ4v) is 3.54. The first-order valence-corrected chi connectivity index (χ1v) is 9.70. The van der Waals surface area contributed by atoms with Crippen molar-refractivity contribution in [3.8, 4) is 0 Å². The molecule has 0 unspecified atom stereocenters. The maximum Gasteiger partial charge on any atom is 0.340 e. The zero-order valence-corrected chi connectivity index (χ0v) is 15.9. The lowest BCUT2D eigenvalue weighted by Gasteiger charge is -2.12. The number of ether oxygens (including phenoxy) is 1. The quantitative estimate of drug-likeness (QED) is 0.351. The first-order chi connectivity index (χ1) is 13.8. The number of aryl methyl sites for hydroxylation is 1. The van der Waals surface area contributed by atoms with Crippen molar-refractivity contribution in [2.24, 2.45) is 0 Å². The van der Waals surface area contributed by atoms with Crippen LogP contribution in [0.15, 0.2) is 64.0 Å². The molecule has 3 rings (SSSR count). The maximum absolute atomic E-state index is 12.6. The molecule has 29 heavy (non-hydrogen) atoms. The average Bonchev–Trinajstić information content (AvgIpc) is 3.11. The molecule has 0 atom stereocenters. The van der Waals surface area contributed by atoms with Crippen molar-refractivity contribution in [1.82, 2.24) is 5.16 Å². The summed E-state index contributed by atoms with van der Waals surface area (Å²) in [6.45, 7) is 1.54. The number of hydrogen-bond donors (Lipinski definition) is 1. The normalized spacial score (nSPS) is 11.1. The highest BCUT2D eigenvalue weighted by Gasteiger charge is 2.21. The molecule has 10 nitrogen and oxygen atoms in total. The zero-order valence-electron chi connectivity index (χ0n) is 15.1. The second-order valence-electron chi connectivity index (χ2n) is 5.92. The molecule has 0 radical (unpaired) electrons. The molecule has 0 spiro atoms. The van der Waals surface area contributed by atoms with E-state index in [1.165, 1.54) is 36.4 Å². The van der Waals surface area contributed by atoms with E-state index in [0.29, 0.717) is 11.5 Å². The monoisotopic (exact) mass is 417 g/mol. The molecule has 2 aromatic carbocycles. The van der Waals surface area contributed by atoms with Gasteiger partial charge < -0.3 is 9.26 Å². The van der Waals surface area contributed by atoms with E-state index in [1.54, 1.807) is 19.1 Å². The highest BCUT2D eigenvalue weighted by molar-refractivity contribution is 7.92. The summed E-state index contributed by atoms with van der Waals surface area (Å²) in [6, 6.07) is 12.0. The van der Waals surface area contributed by atoms with Gasteiger partial charge in [-0.1, -0.05) is 23.4 Å². The van der Waals surface area contributed by atoms with E-state index in [9.17, 15) is 23.3 Å². The van der Waals surface area contributed by atoms with Gasteiger partial charge in [0.25, 0.3) is 15.7 Å². The molecule has 0 fully saturated rings. The number of sulfonamides is 1. The number of hydrogen-bond acceptors (Lipinski definition) is 8. The van der Waals surface area contributed by atoms with Crippen LogP contribution in [-0.4, -0.2) is 24.5 Å². The number of nitro groups is 1. The molecule has 0 amide bonds. The molecule has 1 N–H and O–H groups in total. The van der Waals surface area contributed by atoms with Gasteiger partial charge in [-0.05, 0) is 25.1 Å². The summed E-state index contributed by atoms with van der Waals surface area (Å²) in [5.74, 6) is -0.443. The Morgan fingerprint density at radius 1 is 1.21 bits per heavy atom. The van der Waals surface area contributed by atoms with Crippen molar-refractivity contribution in [2.75, 3.05) is 4.72 Å². The third-order valence-corrected chi connectivity index (χ3v) is 5.12. The second-order valence-corrected chi connectivity index (χ2v) is 7.60. The molecule has 1 aromatic heterocycles. The minimum Gasteiger partial charge on any atom is -0.454 e. The Bertz CT molecular complexity index is 1170. The molecule has 0 aliphatic carbocycles. The van der Waals surface area contributed by atoms with Crippen molar-refractivity contribution in [1.29, 1.82) is 0 Å². The van der Waals surface area contributed by atoms with Crippen molar-refractivity contribution in [2.45, 2.75) is 18.4 Å². The van der Waals surface area contributed by atoms with Gasteiger partial charge in [-0.2, -0.15) is 0 Å².